The number of ether oxygens (including phenoxy) is 2. The molecule has 2 N–H and O–H groups in total. The molecule has 1 aliphatic heterocycles. The SMILES string of the molecule is CC(C)CNC(=O)COC(=O)c1ccc(C[NH+]2CCOCC2)cc1. The van der Waals surface area contributed by atoms with Gasteiger partial charge in [0.2, 0.25) is 0 Å². The number of carbonyl (C=O) groups excluding carboxylic acids is 2. The van der Waals surface area contributed by atoms with Crippen LogP contribution in [0.25, 0.3) is 0 Å². The van der Waals surface area contributed by atoms with Crippen LogP contribution in [0.5, 0.6) is 0 Å². The lowest BCUT2D eigenvalue weighted by atomic mass is 10.1. The second-order valence-corrected chi connectivity index (χ2v) is 6.51. The fraction of sp³-hybridized carbons (Fsp3) is 0.556. The summed E-state index contributed by atoms with van der Waals surface area (Å²) >= 11 is 0. The van der Waals surface area contributed by atoms with Crippen LogP contribution < -0.4 is 10.2 Å². The molecule has 2 rings (SSSR count). The van der Waals surface area contributed by atoms with E-state index in [1.807, 2.05) is 26.0 Å². The number of amides is 1. The van der Waals surface area contributed by atoms with E-state index < -0.39 is 5.97 Å². The van der Waals surface area contributed by atoms with Crippen molar-refractivity contribution in [3.05, 3.63) is 35.4 Å². The molecule has 1 amide bonds. The molecule has 0 atom stereocenters. The first-order valence-electron chi connectivity index (χ1n) is 8.48. The van der Waals surface area contributed by atoms with Crippen LogP contribution >= 0.6 is 0 Å². The second kappa shape index (κ2) is 9.39. The maximum atomic E-state index is 12.0. The van der Waals surface area contributed by atoms with Gasteiger partial charge in [0, 0.05) is 12.1 Å². The predicted octanol–water partition coefficient (Wildman–Crippen LogP) is 0.0307. The van der Waals surface area contributed by atoms with Gasteiger partial charge in [0.15, 0.2) is 6.61 Å². The van der Waals surface area contributed by atoms with Crippen molar-refractivity contribution in [3.8, 4) is 0 Å². The molecular weight excluding hydrogens is 308 g/mol. The Labute approximate surface area is 143 Å². The number of morpholine rings is 1. The van der Waals surface area contributed by atoms with Crippen LogP contribution in [0.4, 0.5) is 0 Å². The number of benzene rings is 1. The van der Waals surface area contributed by atoms with Gasteiger partial charge in [-0.05, 0) is 18.1 Å². The Morgan fingerprint density at radius 2 is 1.88 bits per heavy atom. The summed E-state index contributed by atoms with van der Waals surface area (Å²) in [6, 6.07) is 7.39. The molecule has 24 heavy (non-hydrogen) atoms. The van der Waals surface area contributed by atoms with Crippen molar-refractivity contribution in [1.82, 2.24) is 5.32 Å². The number of hydrogen-bond acceptors (Lipinski definition) is 4. The van der Waals surface area contributed by atoms with Crippen LogP contribution in [0, 0.1) is 5.92 Å². The maximum Gasteiger partial charge on any atom is 0.338 e. The van der Waals surface area contributed by atoms with E-state index in [1.54, 1.807) is 12.1 Å². The van der Waals surface area contributed by atoms with Gasteiger partial charge in [0.25, 0.3) is 5.91 Å². The van der Waals surface area contributed by atoms with Gasteiger partial charge in [-0.25, -0.2) is 4.79 Å². The monoisotopic (exact) mass is 335 g/mol. The Morgan fingerprint density at radius 1 is 1.21 bits per heavy atom. The van der Waals surface area contributed by atoms with Crippen LogP contribution in [-0.2, 0) is 20.8 Å². The first-order valence-corrected chi connectivity index (χ1v) is 8.48. The summed E-state index contributed by atoms with van der Waals surface area (Å²) in [5.41, 5.74) is 1.64. The van der Waals surface area contributed by atoms with Crippen molar-refractivity contribution < 1.29 is 24.0 Å². The van der Waals surface area contributed by atoms with Gasteiger partial charge in [0.1, 0.15) is 19.6 Å². The molecule has 1 aromatic rings. The van der Waals surface area contributed by atoms with Gasteiger partial charge in [0.05, 0.1) is 18.8 Å². The van der Waals surface area contributed by atoms with Crippen LogP contribution in [0.15, 0.2) is 24.3 Å². The zero-order chi connectivity index (χ0) is 17.4. The van der Waals surface area contributed by atoms with E-state index in [0.29, 0.717) is 18.0 Å². The molecule has 0 unspecified atom stereocenters. The number of nitrogens with one attached hydrogen (secondary N) is 2. The third-order valence-electron chi connectivity index (χ3n) is 3.89. The third kappa shape index (κ3) is 6.29. The van der Waals surface area contributed by atoms with E-state index >= 15 is 0 Å². The first-order chi connectivity index (χ1) is 11.5. The summed E-state index contributed by atoms with van der Waals surface area (Å²) in [6.45, 7) is 8.90. The lowest BCUT2D eigenvalue weighted by Gasteiger charge is -2.23. The number of hydrogen-bond donors (Lipinski definition) is 2. The van der Waals surface area contributed by atoms with E-state index in [1.165, 1.54) is 10.5 Å². The molecule has 0 spiro atoms. The first kappa shape index (κ1) is 18.4. The summed E-state index contributed by atoms with van der Waals surface area (Å²) in [6.07, 6.45) is 0. The average molecular weight is 335 g/mol. The van der Waals surface area contributed by atoms with E-state index in [4.69, 9.17) is 9.47 Å². The molecule has 6 nitrogen and oxygen atoms in total. The smallest absolute Gasteiger partial charge is 0.338 e. The average Bonchev–Trinajstić information content (AvgIpc) is 2.59. The molecule has 1 saturated heterocycles. The molecule has 1 aliphatic rings. The van der Waals surface area contributed by atoms with Gasteiger partial charge in [-0.3, -0.25) is 4.79 Å². The predicted molar refractivity (Wildman–Crippen MR) is 89.8 cm³/mol. The van der Waals surface area contributed by atoms with E-state index in [-0.39, 0.29) is 12.5 Å². The molecule has 0 aromatic heterocycles. The molecule has 1 heterocycles. The maximum absolute atomic E-state index is 12.0. The minimum absolute atomic E-state index is 0.245. The van der Waals surface area contributed by atoms with Crippen LogP contribution in [0.3, 0.4) is 0 Å². The Balaban J connectivity index is 1.77. The quantitative estimate of drug-likeness (QED) is 0.690. The molecule has 1 fully saturated rings. The summed E-state index contributed by atoms with van der Waals surface area (Å²) in [5, 5.41) is 2.71. The number of quaternary nitrogens is 1. The summed E-state index contributed by atoms with van der Waals surface area (Å²) in [4.78, 5) is 25.0. The van der Waals surface area contributed by atoms with E-state index in [0.717, 1.165) is 32.8 Å². The van der Waals surface area contributed by atoms with Crippen molar-refractivity contribution in [1.29, 1.82) is 0 Å². The topological polar surface area (TPSA) is 69.1 Å². The largest absolute Gasteiger partial charge is 0.452 e. The van der Waals surface area contributed by atoms with Crippen LogP contribution in [-0.4, -0.2) is 51.3 Å². The van der Waals surface area contributed by atoms with Crippen molar-refractivity contribution in [2.75, 3.05) is 39.5 Å². The number of rotatable bonds is 7. The molecular formula is C18H27N2O4+. The lowest BCUT2D eigenvalue weighted by Crippen LogP contribution is -3.12. The highest BCUT2D eigenvalue weighted by atomic mass is 16.5. The van der Waals surface area contributed by atoms with Crippen molar-refractivity contribution >= 4 is 11.9 Å². The van der Waals surface area contributed by atoms with Gasteiger partial charge >= 0.3 is 5.97 Å². The highest BCUT2D eigenvalue weighted by Gasteiger charge is 2.15. The zero-order valence-electron chi connectivity index (χ0n) is 14.5. The Bertz CT molecular complexity index is 536. The zero-order valence-corrected chi connectivity index (χ0v) is 14.5. The molecule has 0 saturated carbocycles. The molecule has 132 valence electrons. The van der Waals surface area contributed by atoms with Gasteiger partial charge in [-0.15, -0.1) is 0 Å². The fourth-order valence-corrected chi connectivity index (χ4v) is 2.47. The van der Waals surface area contributed by atoms with Crippen LogP contribution in [0.2, 0.25) is 0 Å². The molecule has 0 bridgehead atoms. The minimum atomic E-state index is -0.472. The Morgan fingerprint density at radius 3 is 2.50 bits per heavy atom. The van der Waals surface area contributed by atoms with E-state index in [9.17, 15) is 9.59 Å². The van der Waals surface area contributed by atoms with E-state index in [2.05, 4.69) is 5.32 Å². The fourth-order valence-electron chi connectivity index (χ4n) is 2.47. The summed E-state index contributed by atoms with van der Waals surface area (Å²) < 4.78 is 10.4. The van der Waals surface area contributed by atoms with Crippen molar-refractivity contribution in [2.45, 2.75) is 20.4 Å². The van der Waals surface area contributed by atoms with Crippen LogP contribution in [0.1, 0.15) is 29.8 Å². The summed E-state index contributed by atoms with van der Waals surface area (Å²) in [7, 11) is 0. The molecule has 0 aliphatic carbocycles. The van der Waals surface area contributed by atoms with Gasteiger partial charge in [-0.1, -0.05) is 26.0 Å². The summed E-state index contributed by atoms with van der Waals surface area (Å²) in [5.74, 6) is -0.379. The number of carbonyl (C=O) groups is 2. The second-order valence-electron chi connectivity index (χ2n) is 6.51. The molecule has 0 radical (unpaired) electrons. The van der Waals surface area contributed by atoms with Crippen molar-refractivity contribution in [2.24, 2.45) is 5.92 Å². The number of esters is 1. The highest BCUT2D eigenvalue weighted by Crippen LogP contribution is 2.05. The Kier molecular flexibility index (Phi) is 7.21. The standard InChI is InChI=1S/C18H26N2O4/c1-14(2)11-19-17(21)13-24-18(22)16-5-3-15(4-6-16)12-20-7-9-23-10-8-20/h3-6,14H,7-13H2,1-2H3,(H,19,21)/p+1. The molecule has 1 aromatic carbocycles. The van der Waals surface area contributed by atoms with Gasteiger partial charge in [-0.2, -0.15) is 0 Å². The highest BCUT2D eigenvalue weighted by molar-refractivity contribution is 5.91. The Hall–Kier alpha value is -1.92. The third-order valence-corrected chi connectivity index (χ3v) is 3.89. The van der Waals surface area contributed by atoms with Crippen molar-refractivity contribution in [3.63, 3.8) is 0 Å². The van der Waals surface area contributed by atoms with Gasteiger partial charge < -0.3 is 19.7 Å². The molecule has 6 heteroatoms. The minimum Gasteiger partial charge on any atom is -0.452 e. The normalized spacial score (nSPS) is 15.3. The lowest BCUT2D eigenvalue weighted by molar-refractivity contribution is -0.921.